The monoisotopic (exact) mass is 417 g/mol. The summed E-state index contributed by atoms with van der Waals surface area (Å²) in [6.45, 7) is 2.42. The molecule has 0 aliphatic carbocycles. The first-order valence-electron chi connectivity index (χ1n) is 8.67. The predicted molar refractivity (Wildman–Crippen MR) is 97.3 cm³/mol. The van der Waals surface area contributed by atoms with Crippen molar-refractivity contribution in [2.45, 2.75) is 37.9 Å². The highest BCUT2D eigenvalue weighted by atomic mass is 31.2. The van der Waals surface area contributed by atoms with Crippen LogP contribution in [0.25, 0.3) is 11.2 Å². The van der Waals surface area contributed by atoms with E-state index in [2.05, 4.69) is 19.5 Å². The van der Waals surface area contributed by atoms with Gasteiger partial charge in [-0.05, 0) is 6.42 Å². The van der Waals surface area contributed by atoms with E-state index in [-0.39, 0.29) is 12.4 Å². The summed E-state index contributed by atoms with van der Waals surface area (Å²) in [6.07, 6.45) is 0.496. The standard InChI is InChI=1S/C15H24N5O7P/c1-4-9-11(27-28(21,22)24-3)12(25-6-5-23-2)15(26-9)20-8-19-10-13(16)17-7-18-14(10)20/h7-9,11-12,15H,4-6H2,1-3H3,(H,21,22)(H2,16,17,18)/t9-,11?,12+,15-/m1/s1. The second kappa shape index (κ2) is 8.78. The molecule has 2 unspecified atom stereocenters. The lowest BCUT2D eigenvalue weighted by Gasteiger charge is -2.25. The number of rotatable bonds is 9. The Kier molecular flexibility index (Phi) is 6.61. The lowest BCUT2D eigenvalue weighted by Crippen LogP contribution is -2.36. The number of phosphoric ester groups is 1. The molecule has 13 heteroatoms. The molecule has 2 aromatic rings. The minimum atomic E-state index is -4.27. The Balaban J connectivity index is 1.97. The van der Waals surface area contributed by atoms with Crippen LogP contribution >= 0.6 is 7.82 Å². The molecule has 0 radical (unpaired) electrons. The van der Waals surface area contributed by atoms with Gasteiger partial charge in [0, 0.05) is 14.2 Å². The number of hydrogen-bond acceptors (Lipinski definition) is 10. The summed E-state index contributed by atoms with van der Waals surface area (Å²) in [5.41, 5.74) is 6.73. The highest BCUT2D eigenvalue weighted by Gasteiger charge is 2.49. The molecule has 1 aliphatic heterocycles. The normalized spacial score (nSPS) is 27.3. The maximum absolute atomic E-state index is 12.0. The van der Waals surface area contributed by atoms with Gasteiger partial charge in [0.15, 0.2) is 17.7 Å². The Morgan fingerprint density at radius 1 is 1.29 bits per heavy atom. The molecule has 3 rings (SSSR count). The minimum absolute atomic E-state index is 0.226. The first-order valence-corrected chi connectivity index (χ1v) is 10.2. The molecule has 156 valence electrons. The van der Waals surface area contributed by atoms with E-state index < -0.39 is 32.4 Å². The molecular formula is C15H24N5O7P. The van der Waals surface area contributed by atoms with Crippen molar-refractivity contribution in [2.24, 2.45) is 0 Å². The average molecular weight is 417 g/mol. The fourth-order valence-corrected chi connectivity index (χ4v) is 3.74. The molecule has 12 nitrogen and oxygen atoms in total. The van der Waals surface area contributed by atoms with Crippen LogP contribution in [0.3, 0.4) is 0 Å². The molecule has 28 heavy (non-hydrogen) atoms. The van der Waals surface area contributed by atoms with Gasteiger partial charge in [-0.1, -0.05) is 6.92 Å². The molecule has 3 heterocycles. The summed E-state index contributed by atoms with van der Waals surface area (Å²) in [4.78, 5) is 22.2. The number of ether oxygens (including phenoxy) is 3. The van der Waals surface area contributed by atoms with Crippen LogP contribution in [0.4, 0.5) is 5.82 Å². The SMILES string of the molecule is CC[C@H]1O[C@@H](n2cnc3c(N)ncnc32)[C@@H](OCCOC)C1OP(=O)(O)OC. The van der Waals surface area contributed by atoms with Gasteiger partial charge < -0.3 is 24.8 Å². The van der Waals surface area contributed by atoms with Crippen molar-refractivity contribution in [3.63, 3.8) is 0 Å². The molecule has 0 amide bonds. The van der Waals surface area contributed by atoms with Gasteiger partial charge in [-0.15, -0.1) is 0 Å². The zero-order valence-corrected chi connectivity index (χ0v) is 16.7. The number of anilines is 1. The van der Waals surface area contributed by atoms with Crippen LogP contribution in [-0.4, -0.2) is 70.2 Å². The van der Waals surface area contributed by atoms with Gasteiger partial charge in [-0.2, -0.15) is 0 Å². The number of aromatic nitrogens is 4. The molecule has 0 bridgehead atoms. The first-order chi connectivity index (χ1) is 13.4. The summed E-state index contributed by atoms with van der Waals surface area (Å²) < 4.78 is 40.7. The summed E-state index contributed by atoms with van der Waals surface area (Å²) in [5, 5.41) is 0. The quantitative estimate of drug-likeness (QED) is 0.441. The Hall–Kier alpha value is -1.66. The molecule has 2 aromatic heterocycles. The van der Waals surface area contributed by atoms with E-state index in [0.717, 1.165) is 7.11 Å². The molecule has 1 saturated heterocycles. The van der Waals surface area contributed by atoms with Crippen LogP contribution in [0, 0.1) is 0 Å². The third-order valence-corrected chi connectivity index (χ3v) is 5.40. The Labute approximate surface area is 161 Å². The second-order valence-electron chi connectivity index (χ2n) is 6.11. The van der Waals surface area contributed by atoms with E-state index in [0.29, 0.717) is 24.2 Å². The summed E-state index contributed by atoms with van der Waals surface area (Å²) in [6, 6.07) is 0. The third-order valence-electron chi connectivity index (χ3n) is 4.43. The number of methoxy groups -OCH3 is 1. The maximum Gasteiger partial charge on any atom is 0.472 e. The predicted octanol–water partition coefficient (Wildman–Crippen LogP) is 0.879. The fraction of sp³-hybridized carbons (Fsp3) is 0.667. The molecule has 5 atom stereocenters. The van der Waals surface area contributed by atoms with Crippen LogP contribution in [0.2, 0.25) is 0 Å². The summed E-state index contributed by atoms with van der Waals surface area (Å²) in [7, 11) is -1.63. The van der Waals surface area contributed by atoms with Crippen molar-refractivity contribution in [2.75, 3.05) is 33.2 Å². The van der Waals surface area contributed by atoms with Crippen molar-refractivity contribution in [1.82, 2.24) is 19.5 Å². The molecule has 1 fully saturated rings. The number of hydrogen-bond donors (Lipinski definition) is 2. The van der Waals surface area contributed by atoms with Gasteiger partial charge in [0.25, 0.3) is 0 Å². The van der Waals surface area contributed by atoms with Crippen LogP contribution in [-0.2, 0) is 27.8 Å². The molecule has 1 aliphatic rings. The van der Waals surface area contributed by atoms with E-state index in [1.54, 1.807) is 11.7 Å². The van der Waals surface area contributed by atoms with Gasteiger partial charge in [-0.25, -0.2) is 19.5 Å². The lowest BCUT2D eigenvalue weighted by atomic mass is 10.1. The number of imidazole rings is 1. The third kappa shape index (κ3) is 4.18. The fourth-order valence-electron chi connectivity index (χ4n) is 3.09. The van der Waals surface area contributed by atoms with Crippen LogP contribution in [0.15, 0.2) is 12.7 Å². The van der Waals surface area contributed by atoms with E-state index in [1.165, 1.54) is 12.7 Å². The van der Waals surface area contributed by atoms with Gasteiger partial charge >= 0.3 is 7.82 Å². The van der Waals surface area contributed by atoms with Crippen molar-refractivity contribution >= 4 is 24.8 Å². The zero-order chi connectivity index (χ0) is 20.3. The van der Waals surface area contributed by atoms with Crippen molar-refractivity contribution in [3.05, 3.63) is 12.7 Å². The van der Waals surface area contributed by atoms with E-state index >= 15 is 0 Å². The number of nitrogen functional groups attached to an aromatic ring is 1. The smallest absolute Gasteiger partial charge is 0.382 e. The molecule has 3 N–H and O–H groups in total. The Bertz CT molecular complexity index is 849. The second-order valence-corrected chi connectivity index (χ2v) is 7.62. The van der Waals surface area contributed by atoms with Crippen LogP contribution in [0.1, 0.15) is 19.6 Å². The number of nitrogens with two attached hydrogens (primary N) is 1. The van der Waals surface area contributed by atoms with E-state index in [1.807, 2.05) is 6.92 Å². The topological polar surface area (TPSA) is 153 Å². The maximum atomic E-state index is 12.0. The average Bonchev–Trinajstić information content (AvgIpc) is 3.24. The van der Waals surface area contributed by atoms with Crippen LogP contribution < -0.4 is 5.73 Å². The number of fused-ring (bicyclic) bond motifs is 1. The largest absolute Gasteiger partial charge is 0.472 e. The lowest BCUT2D eigenvalue weighted by molar-refractivity contribution is -0.0761. The minimum Gasteiger partial charge on any atom is -0.382 e. The van der Waals surface area contributed by atoms with Gasteiger partial charge in [0.1, 0.15) is 24.1 Å². The molecular weight excluding hydrogens is 393 g/mol. The van der Waals surface area contributed by atoms with Crippen molar-refractivity contribution < 1.29 is 32.7 Å². The molecule has 0 aromatic carbocycles. The molecule has 0 saturated carbocycles. The molecule has 0 spiro atoms. The Morgan fingerprint density at radius 2 is 2.07 bits per heavy atom. The first kappa shape index (κ1) is 21.1. The van der Waals surface area contributed by atoms with Crippen molar-refractivity contribution in [3.8, 4) is 0 Å². The Morgan fingerprint density at radius 3 is 2.75 bits per heavy atom. The van der Waals surface area contributed by atoms with Gasteiger partial charge in [0.2, 0.25) is 0 Å². The zero-order valence-electron chi connectivity index (χ0n) is 15.8. The summed E-state index contributed by atoms with van der Waals surface area (Å²) in [5.74, 6) is 0.234. The van der Waals surface area contributed by atoms with E-state index in [9.17, 15) is 9.46 Å². The number of nitrogens with zero attached hydrogens (tertiary/aromatic N) is 4. The van der Waals surface area contributed by atoms with E-state index in [4.69, 9.17) is 24.5 Å². The van der Waals surface area contributed by atoms with Crippen LogP contribution in [0.5, 0.6) is 0 Å². The van der Waals surface area contributed by atoms with Gasteiger partial charge in [0.05, 0.1) is 25.6 Å². The van der Waals surface area contributed by atoms with Crippen molar-refractivity contribution in [1.29, 1.82) is 0 Å². The highest BCUT2D eigenvalue weighted by molar-refractivity contribution is 7.47. The van der Waals surface area contributed by atoms with Gasteiger partial charge in [-0.3, -0.25) is 13.6 Å². The highest BCUT2D eigenvalue weighted by Crippen LogP contribution is 2.49. The summed E-state index contributed by atoms with van der Waals surface area (Å²) >= 11 is 0. The number of phosphoric acid groups is 1.